The van der Waals surface area contributed by atoms with Crippen LogP contribution in [0.2, 0.25) is 0 Å². The fraction of sp³-hybridized carbons (Fsp3) is 0.733. The first-order valence-electron chi connectivity index (χ1n) is 7.63. The van der Waals surface area contributed by atoms with Crippen molar-refractivity contribution in [3.8, 4) is 0 Å². The predicted molar refractivity (Wildman–Crippen MR) is 82.2 cm³/mol. The lowest BCUT2D eigenvalue weighted by atomic mass is 9.75. The van der Waals surface area contributed by atoms with Crippen molar-refractivity contribution in [3.63, 3.8) is 0 Å². The highest BCUT2D eigenvalue weighted by Crippen LogP contribution is 2.37. The standard InChI is InChI=1S/C15H26N4O3/c1-18(4-5-22-3)10-14(21)17-15(11-6-13(20)7-11)12-8-16-19(2)9-12/h8-9,11,13,15,20H,4-7,10H2,1-3H3,(H,17,21)/t11?,13?,15-/m0/s1. The van der Waals surface area contributed by atoms with Crippen LogP contribution in [0.1, 0.15) is 24.4 Å². The number of methoxy groups -OCH3 is 1. The molecule has 2 N–H and O–H groups in total. The highest BCUT2D eigenvalue weighted by atomic mass is 16.5. The Hall–Kier alpha value is -1.44. The third-order valence-electron chi connectivity index (χ3n) is 4.11. The molecule has 7 nitrogen and oxygen atoms in total. The molecule has 0 unspecified atom stereocenters. The number of hydrogen-bond acceptors (Lipinski definition) is 5. The van der Waals surface area contributed by atoms with E-state index < -0.39 is 0 Å². The Labute approximate surface area is 131 Å². The molecular formula is C15H26N4O3. The van der Waals surface area contributed by atoms with E-state index in [0.29, 0.717) is 19.7 Å². The molecule has 1 aromatic rings. The molecule has 1 heterocycles. The number of aliphatic hydroxyl groups excluding tert-OH is 1. The minimum absolute atomic E-state index is 0.0196. The molecule has 0 radical (unpaired) electrons. The number of carbonyl (C=O) groups excluding carboxylic acids is 1. The first-order valence-corrected chi connectivity index (χ1v) is 7.63. The Morgan fingerprint density at radius 2 is 2.36 bits per heavy atom. The average molecular weight is 310 g/mol. The minimum atomic E-state index is -0.245. The Morgan fingerprint density at radius 1 is 1.64 bits per heavy atom. The predicted octanol–water partition coefficient (Wildman–Crippen LogP) is -0.0735. The van der Waals surface area contributed by atoms with Crippen molar-refractivity contribution in [2.75, 3.05) is 33.9 Å². The van der Waals surface area contributed by atoms with Gasteiger partial charge in [-0.05, 0) is 25.8 Å². The number of aromatic nitrogens is 2. The molecule has 1 amide bonds. The maximum absolute atomic E-state index is 12.2. The molecule has 1 aromatic heterocycles. The van der Waals surface area contributed by atoms with Gasteiger partial charge >= 0.3 is 0 Å². The third-order valence-corrected chi connectivity index (χ3v) is 4.11. The van der Waals surface area contributed by atoms with E-state index in [-0.39, 0.29) is 24.0 Å². The number of aryl methyl sites for hydroxylation is 1. The summed E-state index contributed by atoms with van der Waals surface area (Å²) in [5.41, 5.74) is 0.993. The zero-order valence-electron chi connectivity index (χ0n) is 13.5. The van der Waals surface area contributed by atoms with Crippen LogP contribution >= 0.6 is 0 Å². The smallest absolute Gasteiger partial charge is 0.234 e. The molecule has 0 bridgehead atoms. The Kier molecular flexibility index (Phi) is 5.93. The van der Waals surface area contributed by atoms with Crippen molar-refractivity contribution in [1.29, 1.82) is 0 Å². The normalized spacial score (nSPS) is 22.4. The van der Waals surface area contributed by atoms with Gasteiger partial charge in [0.05, 0.1) is 31.5 Å². The van der Waals surface area contributed by atoms with Crippen LogP contribution < -0.4 is 5.32 Å². The van der Waals surface area contributed by atoms with E-state index in [4.69, 9.17) is 4.74 Å². The Bertz CT molecular complexity index is 485. The monoisotopic (exact) mass is 310 g/mol. The summed E-state index contributed by atoms with van der Waals surface area (Å²) in [5, 5.41) is 16.8. The molecule has 1 atom stereocenters. The van der Waals surface area contributed by atoms with Crippen molar-refractivity contribution in [3.05, 3.63) is 18.0 Å². The molecule has 1 saturated carbocycles. The van der Waals surface area contributed by atoms with E-state index in [2.05, 4.69) is 10.4 Å². The van der Waals surface area contributed by atoms with Gasteiger partial charge in [0.1, 0.15) is 0 Å². The topological polar surface area (TPSA) is 79.6 Å². The second kappa shape index (κ2) is 7.71. The summed E-state index contributed by atoms with van der Waals surface area (Å²) in [5.74, 6) is 0.251. The van der Waals surface area contributed by atoms with E-state index in [0.717, 1.165) is 18.4 Å². The number of aliphatic hydroxyl groups is 1. The van der Waals surface area contributed by atoms with E-state index >= 15 is 0 Å². The summed E-state index contributed by atoms with van der Waals surface area (Å²) in [6.45, 7) is 1.64. The van der Waals surface area contributed by atoms with E-state index in [1.54, 1.807) is 18.0 Å². The Morgan fingerprint density at radius 3 is 2.91 bits per heavy atom. The lowest BCUT2D eigenvalue weighted by Gasteiger charge is -2.37. The summed E-state index contributed by atoms with van der Waals surface area (Å²) < 4.78 is 6.74. The number of likely N-dealkylation sites (N-methyl/N-ethyl adjacent to an activating group) is 1. The van der Waals surface area contributed by atoms with Crippen LogP contribution in [-0.4, -0.2) is 65.7 Å². The zero-order chi connectivity index (χ0) is 16.1. The second-order valence-electron chi connectivity index (χ2n) is 6.11. The van der Waals surface area contributed by atoms with Crippen molar-refractivity contribution < 1.29 is 14.6 Å². The summed E-state index contributed by atoms with van der Waals surface area (Å²) in [4.78, 5) is 14.2. The zero-order valence-corrected chi connectivity index (χ0v) is 13.5. The van der Waals surface area contributed by atoms with Crippen LogP contribution in [-0.2, 0) is 16.6 Å². The molecule has 7 heteroatoms. The van der Waals surface area contributed by atoms with Crippen LogP contribution in [0.15, 0.2) is 12.4 Å². The molecule has 0 spiro atoms. The molecule has 1 fully saturated rings. The molecule has 2 rings (SSSR count). The number of hydrogen-bond donors (Lipinski definition) is 2. The van der Waals surface area contributed by atoms with Gasteiger partial charge in [-0.3, -0.25) is 14.4 Å². The van der Waals surface area contributed by atoms with Crippen LogP contribution in [0.5, 0.6) is 0 Å². The largest absolute Gasteiger partial charge is 0.393 e. The molecule has 22 heavy (non-hydrogen) atoms. The number of nitrogens with one attached hydrogen (secondary N) is 1. The van der Waals surface area contributed by atoms with Crippen LogP contribution in [0, 0.1) is 5.92 Å². The first kappa shape index (κ1) is 16.9. The highest BCUT2D eigenvalue weighted by molar-refractivity contribution is 5.78. The van der Waals surface area contributed by atoms with Gasteiger partial charge in [-0.1, -0.05) is 0 Å². The van der Waals surface area contributed by atoms with Gasteiger partial charge in [0.2, 0.25) is 5.91 Å². The first-order chi connectivity index (χ1) is 10.5. The lowest BCUT2D eigenvalue weighted by molar-refractivity contribution is -0.124. The molecule has 124 valence electrons. The number of amides is 1. The van der Waals surface area contributed by atoms with E-state index in [9.17, 15) is 9.90 Å². The van der Waals surface area contributed by atoms with Crippen molar-refractivity contribution in [2.45, 2.75) is 25.0 Å². The fourth-order valence-electron chi connectivity index (χ4n) is 2.77. The quantitative estimate of drug-likeness (QED) is 0.702. The van der Waals surface area contributed by atoms with Crippen molar-refractivity contribution >= 4 is 5.91 Å². The van der Waals surface area contributed by atoms with Crippen LogP contribution in [0.3, 0.4) is 0 Å². The molecule has 0 aliphatic heterocycles. The molecule has 1 aliphatic rings. The van der Waals surface area contributed by atoms with E-state index in [1.165, 1.54) is 0 Å². The van der Waals surface area contributed by atoms with Crippen LogP contribution in [0.4, 0.5) is 0 Å². The molecule has 0 saturated heterocycles. The number of carbonyl (C=O) groups is 1. The van der Waals surface area contributed by atoms with Gasteiger partial charge in [-0.15, -0.1) is 0 Å². The van der Waals surface area contributed by atoms with Gasteiger partial charge in [-0.2, -0.15) is 5.10 Å². The van der Waals surface area contributed by atoms with Gasteiger partial charge in [0, 0.05) is 32.5 Å². The minimum Gasteiger partial charge on any atom is -0.393 e. The van der Waals surface area contributed by atoms with Gasteiger partial charge in [-0.25, -0.2) is 0 Å². The van der Waals surface area contributed by atoms with Gasteiger partial charge in [0.25, 0.3) is 0 Å². The maximum atomic E-state index is 12.2. The SMILES string of the molecule is COCCN(C)CC(=O)N[C@H](c1cnn(C)c1)C1CC(O)C1. The summed E-state index contributed by atoms with van der Waals surface area (Å²) in [6, 6.07) is -0.0829. The molecular weight excluding hydrogens is 284 g/mol. The summed E-state index contributed by atoms with van der Waals surface area (Å²) in [6.07, 6.45) is 4.90. The average Bonchev–Trinajstić information content (AvgIpc) is 2.86. The maximum Gasteiger partial charge on any atom is 0.234 e. The third kappa shape index (κ3) is 4.53. The lowest BCUT2D eigenvalue weighted by Crippen LogP contribution is -2.44. The number of rotatable bonds is 8. The number of nitrogens with zero attached hydrogens (tertiary/aromatic N) is 3. The van der Waals surface area contributed by atoms with E-state index in [1.807, 2.05) is 25.2 Å². The molecule has 0 aromatic carbocycles. The van der Waals surface area contributed by atoms with Gasteiger partial charge in [0.15, 0.2) is 0 Å². The summed E-state index contributed by atoms with van der Waals surface area (Å²) in [7, 11) is 5.40. The van der Waals surface area contributed by atoms with Crippen molar-refractivity contribution in [1.82, 2.24) is 20.0 Å². The van der Waals surface area contributed by atoms with Crippen molar-refractivity contribution in [2.24, 2.45) is 13.0 Å². The number of ether oxygens (including phenoxy) is 1. The highest BCUT2D eigenvalue weighted by Gasteiger charge is 2.36. The summed E-state index contributed by atoms with van der Waals surface area (Å²) >= 11 is 0. The Balaban J connectivity index is 1.93. The van der Waals surface area contributed by atoms with Crippen LogP contribution in [0.25, 0.3) is 0 Å². The van der Waals surface area contributed by atoms with Gasteiger partial charge < -0.3 is 15.2 Å². The second-order valence-corrected chi connectivity index (χ2v) is 6.11. The fourth-order valence-corrected chi connectivity index (χ4v) is 2.77. The molecule has 1 aliphatic carbocycles.